The predicted molar refractivity (Wildman–Crippen MR) is 119 cm³/mol. The van der Waals surface area contributed by atoms with Crippen molar-refractivity contribution in [2.24, 2.45) is 0 Å². The van der Waals surface area contributed by atoms with Crippen molar-refractivity contribution in [1.82, 2.24) is 4.90 Å². The van der Waals surface area contributed by atoms with Gasteiger partial charge in [-0.05, 0) is 75.6 Å². The number of non-ortho nitro benzene ring substituents is 1. The van der Waals surface area contributed by atoms with Gasteiger partial charge in [0.05, 0.1) is 14.3 Å². The van der Waals surface area contributed by atoms with Crippen LogP contribution in [0.3, 0.4) is 0 Å². The molecule has 0 radical (unpaired) electrons. The highest BCUT2D eigenvalue weighted by molar-refractivity contribution is 9.10. The van der Waals surface area contributed by atoms with Crippen molar-refractivity contribution in [3.8, 4) is 5.75 Å². The highest BCUT2D eigenvalue weighted by Gasteiger charge is 2.34. The number of hydrogen-bond acceptors (Lipinski definition) is 6. The maximum Gasteiger partial charge on any atom is 0.293 e. The molecular weight excluding hydrogens is 472 g/mol. The standard InChI is InChI=1S/C21H19BrN2O5S/c1-2-3-10-23-20(25)19(30-21(23)26)12-15-6-9-18(17(22)11-15)29-13-14-4-7-16(8-5-14)24(27)28/h4-9,11-12H,2-3,10,13H2,1H3/b19-12-. The van der Waals surface area contributed by atoms with Gasteiger partial charge in [0.2, 0.25) is 0 Å². The van der Waals surface area contributed by atoms with E-state index < -0.39 is 4.92 Å². The van der Waals surface area contributed by atoms with E-state index in [1.807, 2.05) is 13.0 Å². The van der Waals surface area contributed by atoms with Gasteiger partial charge in [-0.25, -0.2) is 0 Å². The molecular formula is C21H19BrN2O5S. The van der Waals surface area contributed by atoms with Crippen LogP contribution >= 0.6 is 27.7 Å². The van der Waals surface area contributed by atoms with Gasteiger partial charge in [0.25, 0.3) is 16.8 Å². The van der Waals surface area contributed by atoms with Crippen LogP contribution in [0.4, 0.5) is 10.5 Å². The fourth-order valence-electron chi connectivity index (χ4n) is 2.76. The average molecular weight is 491 g/mol. The Labute approximate surface area is 186 Å². The van der Waals surface area contributed by atoms with E-state index in [1.165, 1.54) is 17.0 Å². The second-order valence-electron chi connectivity index (χ2n) is 6.59. The molecule has 0 N–H and O–H groups in total. The Morgan fingerprint density at radius 3 is 2.57 bits per heavy atom. The second kappa shape index (κ2) is 9.90. The molecule has 2 aromatic carbocycles. The van der Waals surface area contributed by atoms with Gasteiger partial charge < -0.3 is 4.74 Å². The van der Waals surface area contributed by atoms with Gasteiger partial charge in [-0.15, -0.1) is 0 Å². The average Bonchev–Trinajstić information content (AvgIpc) is 2.98. The minimum absolute atomic E-state index is 0.0309. The number of benzene rings is 2. The number of nitro benzene ring substituents is 1. The number of carbonyl (C=O) groups excluding carboxylic acids is 2. The Kier molecular flexibility index (Phi) is 7.28. The summed E-state index contributed by atoms with van der Waals surface area (Å²) in [5.41, 5.74) is 1.60. The normalized spacial score (nSPS) is 15.1. The molecule has 0 atom stereocenters. The summed E-state index contributed by atoms with van der Waals surface area (Å²) < 4.78 is 6.47. The zero-order valence-corrected chi connectivity index (χ0v) is 18.6. The molecule has 1 aliphatic heterocycles. The minimum atomic E-state index is -0.446. The van der Waals surface area contributed by atoms with Gasteiger partial charge >= 0.3 is 0 Å². The van der Waals surface area contributed by atoms with Gasteiger partial charge in [0, 0.05) is 18.7 Å². The van der Waals surface area contributed by atoms with E-state index in [2.05, 4.69) is 15.9 Å². The molecule has 1 fully saturated rings. The second-order valence-corrected chi connectivity index (χ2v) is 8.44. The van der Waals surface area contributed by atoms with Crippen molar-refractivity contribution in [2.75, 3.05) is 6.54 Å². The summed E-state index contributed by atoms with van der Waals surface area (Å²) in [5.74, 6) is 0.342. The predicted octanol–water partition coefficient (Wildman–Crippen LogP) is 5.77. The number of imide groups is 1. The molecule has 0 spiro atoms. The third-order valence-corrected chi connectivity index (χ3v) is 5.93. The Hall–Kier alpha value is -2.65. The van der Waals surface area contributed by atoms with Crippen LogP contribution in [0.25, 0.3) is 6.08 Å². The minimum Gasteiger partial charge on any atom is -0.488 e. The van der Waals surface area contributed by atoms with Gasteiger partial charge in [0.15, 0.2) is 0 Å². The van der Waals surface area contributed by atoms with Crippen LogP contribution in [0.15, 0.2) is 51.8 Å². The number of rotatable bonds is 8. The lowest BCUT2D eigenvalue weighted by molar-refractivity contribution is -0.384. The summed E-state index contributed by atoms with van der Waals surface area (Å²) in [5, 5.41) is 10.5. The lowest BCUT2D eigenvalue weighted by Crippen LogP contribution is -2.29. The smallest absolute Gasteiger partial charge is 0.293 e. The fraction of sp³-hybridized carbons (Fsp3) is 0.238. The molecule has 1 saturated heterocycles. The van der Waals surface area contributed by atoms with Crippen LogP contribution in [0, 0.1) is 10.1 Å². The molecule has 7 nitrogen and oxygen atoms in total. The fourth-order valence-corrected chi connectivity index (χ4v) is 4.14. The summed E-state index contributed by atoms with van der Waals surface area (Å²) >= 11 is 4.41. The number of carbonyl (C=O) groups is 2. The topological polar surface area (TPSA) is 89.8 Å². The number of ether oxygens (including phenoxy) is 1. The Morgan fingerprint density at radius 2 is 1.93 bits per heavy atom. The molecule has 0 saturated carbocycles. The number of amides is 2. The summed E-state index contributed by atoms with van der Waals surface area (Å²) in [7, 11) is 0. The van der Waals surface area contributed by atoms with E-state index in [4.69, 9.17) is 4.74 Å². The highest BCUT2D eigenvalue weighted by atomic mass is 79.9. The first-order valence-corrected chi connectivity index (χ1v) is 10.9. The lowest BCUT2D eigenvalue weighted by Gasteiger charge is -2.11. The third-order valence-electron chi connectivity index (χ3n) is 4.40. The number of nitro groups is 1. The quantitative estimate of drug-likeness (QED) is 0.265. The van der Waals surface area contributed by atoms with E-state index in [0.29, 0.717) is 21.7 Å². The molecule has 0 aliphatic carbocycles. The molecule has 1 heterocycles. The van der Waals surface area contributed by atoms with Crippen LogP contribution in [-0.4, -0.2) is 27.5 Å². The van der Waals surface area contributed by atoms with E-state index >= 15 is 0 Å². The van der Waals surface area contributed by atoms with Gasteiger partial charge in [-0.2, -0.15) is 0 Å². The van der Waals surface area contributed by atoms with Crippen LogP contribution < -0.4 is 4.74 Å². The number of halogens is 1. The molecule has 3 rings (SSSR count). The summed E-state index contributed by atoms with van der Waals surface area (Å²) in [6, 6.07) is 11.5. The van der Waals surface area contributed by atoms with Crippen molar-refractivity contribution >= 4 is 50.6 Å². The van der Waals surface area contributed by atoms with Crippen LogP contribution in [0.2, 0.25) is 0 Å². The number of nitrogens with zero attached hydrogens (tertiary/aromatic N) is 2. The Balaban J connectivity index is 1.66. The number of thioether (sulfide) groups is 1. The first kappa shape index (κ1) is 22.0. The number of hydrogen-bond donors (Lipinski definition) is 0. The van der Waals surface area contributed by atoms with E-state index in [0.717, 1.165) is 35.7 Å². The molecule has 156 valence electrons. The zero-order chi connectivity index (χ0) is 21.7. The van der Waals surface area contributed by atoms with Crippen LogP contribution in [0.1, 0.15) is 30.9 Å². The van der Waals surface area contributed by atoms with Crippen molar-refractivity contribution in [3.05, 3.63) is 73.1 Å². The molecule has 9 heteroatoms. The number of unbranched alkanes of at least 4 members (excludes halogenated alkanes) is 1. The van der Waals surface area contributed by atoms with Gasteiger partial charge in [0.1, 0.15) is 12.4 Å². The summed E-state index contributed by atoms with van der Waals surface area (Å²) in [6.07, 6.45) is 3.40. The Bertz CT molecular complexity index is 1010. The first-order chi connectivity index (χ1) is 14.4. The first-order valence-electron chi connectivity index (χ1n) is 9.30. The maximum atomic E-state index is 12.4. The zero-order valence-electron chi connectivity index (χ0n) is 16.2. The largest absolute Gasteiger partial charge is 0.488 e. The van der Waals surface area contributed by atoms with E-state index in [-0.39, 0.29) is 23.4 Å². The molecule has 0 bridgehead atoms. The molecule has 2 amide bonds. The molecule has 2 aromatic rings. The SMILES string of the molecule is CCCCN1C(=O)S/C(=C\c2ccc(OCc3ccc([N+](=O)[O-])cc3)c(Br)c2)C1=O. The molecule has 1 aliphatic rings. The Morgan fingerprint density at radius 1 is 1.20 bits per heavy atom. The van der Waals surface area contributed by atoms with Crippen molar-refractivity contribution in [3.63, 3.8) is 0 Å². The maximum absolute atomic E-state index is 12.4. The van der Waals surface area contributed by atoms with Crippen LogP contribution in [0.5, 0.6) is 5.75 Å². The summed E-state index contributed by atoms with van der Waals surface area (Å²) in [4.78, 5) is 36.5. The lowest BCUT2D eigenvalue weighted by atomic mass is 10.2. The monoisotopic (exact) mass is 490 g/mol. The molecule has 0 aromatic heterocycles. The third kappa shape index (κ3) is 5.28. The van der Waals surface area contributed by atoms with Crippen molar-refractivity contribution in [1.29, 1.82) is 0 Å². The van der Waals surface area contributed by atoms with E-state index in [1.54, 1.807) is 30.3 Å². The van der Waals surface area contributed by atoms with Gasteiger partial charge in [-0.1, -0.05) is 19.4 Å². The molecule has 0 unspecified atom stereocenters. The van der Waals surface area contributed by atoms with Crippen molar-refractivity contribution < 1.29 is 19.2 Å². The van der Waals surface area contributed by atoms with Crippen molar-refractivity contribution in [2.45, 2.75) is 26.4 Å². The van der Waals surface area contributed by atoms with E-state index in [9.17, 15) is 19.7 Å². The van der Waals surface area contributed by atoms with Crippen LogP contribution in [-0.2, 0) is 11.4 Å². The highest BCUT2D eigenvalue weighted by Crippen LogP contribution is 2.34. The van der Waals surface area contributed by atoms with Gasteiger partial charge in [-0.3, -0.25) is 24.6 Å². The molecule has 30 heavy (non-hydrogen) atoms. The summed E-state index contributed by atoms with van der Waals surface area (Å²) in [6.45, 7) is 2.71.